The molecule has 0 bridgehead atoms. The highest BCUT2D eigenvalue weighted by Gasteiger charge is 2.28. The van der Waals surface area contributed by atoms with Crippen molar-refractivity contribution in [2.75, 3.05) is 43.3 Å². The van der Waals surface area contributed by atoms with Crippen LogP contribution in [0.4, 0.5) is 5.69 Å². The Hall–Kier alpha value is -1.33. The van der Waals surface area contributed by atoms with Crippen LogP contribution in [0.5, 0.6) is 0 Å². The molecule has 0 saturated carbocycles. The van der Waals surface area contributed by atoms with Crippen molar-refractivity contribution in [3.05, 3.63) is 52.2 Å². The first-order chi connectivity index (χ1) is 13.5. The minimum Gasteiger partial charge on any atom is -0.357 e. The molecular weight excluding hydrogens is 519 g/mol. The molecule has 0 unspecified atom stereocenters. The molecule has 3 rings (SSSR count). The smallest absolute Gasteiger partial charge is 0.237 e. The van der Waals surface area contributed by atoms with E-state index in [0.29, 0.717) is 6.54 Å². The Kier molecular flexibility index (Phi) is 9.22. The lowest BCUT2D eigenvalue weighted by molar-refractivity contribution is 0.487. The second-order valence-electron chi connectivity index (χ2n) is 6.75. The number of anilines is 1. The van der Waals surface area contributed by atoms with Gasteiger partial charge in [-0.1, -0.05) is 24.3 Å². The van der Waals surface area contributed by atoms with Gasteiger partial charge in [0.15, 0.2) is 5.96 Å². The fraction of sp³-hybridized carbons (Fsp3) is 0.450. The number of benzene rings is 1. The summed E-state index contributed by atoms with van der Waals surface area (Å²) >= 11 is 1.75. The van der Waals surface area contributed by atoms with Crippen LogP contribution in [0.1, 0.15) is 17.4 Å². The fourth-order valence-electron chi connectivity index (χ4n) is 3.28. The zero-order valence-electron chi connectivity index (χ0n) is 16.9. The number of nitrogens with zero attached hydrogens (tertiary/aromatic N) is 3. The minimum absolute atomic E-state index is 0. The predicted molar refractivity (Wildman–Crippen MR) is 133 cm³/mol. The van der Waals surface area contributed by atoms with Crippen LogP contribution in [0.25, 0.3) is 0 Å². The summed E-state index contributed by atoms with van der Waals surface area (Å²) in [5.74, 6) is 0.755. The Morgan fingerprint density at radius 1 is 1.28 bits per heavy atom. The van der Waals surface area contributed by atoms with Crippen LogP contribution < -0.4 is 9.62 Å². The molecule has 1 N–H and O–H groups in total. The van der Waals surface area contributed by atoms with Gasteiger partial charge in [0.1, 0.15) is 0 Å². The first-order valence-electron chi connectivity index (χ1n) is 9.61. The third-order valence-corrected chi connectivity index (χ3v) is 7.45. The topological polar surface area (TPSA) is 65.0 Å². The third kappa shape index (κ3) is 6.32. The molecule has 0 atom stereocenters. The van der Waals surface area contributed by atoms with E-state index in [2.05, 4.69) is 32.7 Å². The number of thiophene rings is 1. The Morgan fingerprint density at radius 2 is 2.07 bits per heavy atom. The van der Waals surface area contributed by atoms with E-state index in [1.807, 2.05) is 38.2 Å². The molecule has 160 valence electrons. The Balaban J connectivity index is 0.00000300. The monoisotopic (exact) mass is 548 g/mol. The van der Waals surface area contributed by atoms with E-state index in [4.69, 9.17) is 0 Å². The second kappa shape index (κ2) is 11.2. The van der Waals surface area contributed by atoms with Crippen molar-refractivity contribution < 1.29 is 8.42 Å². The molecule has 0 spiro atoms. The van der Waals surface area contributed by atoms with Gasteiger partial charge in [-0.15, -0.1) is 35.3 Å². The number of sulfonamides is 1. The van der Waals surface area contributed by atoms with Crippen molar-refractivity contribution in [1.29, 1.82) is 0 Å². The molecule has 0 amide bonds. The Labute approximate surface area is 195 Å². The number of hydrogen-bond donors (Lipinski definition) is 1. The molecule has 2 heterocycles. The minimum atomic E-state index is -3.38. The maximum Gasteiger partial charge on any atom is 0.237 e. The molecule has 0 saturated heterocycles. The molecular formula is C20H29IN4O2S2. The van der Waals surface area contributed by atoms with E-state index in [0.717, 1.165) is 43.1 Å². The number of hydrogen-bond acceptors (Lipinski definition) is 4. The van der Waals surface area contributed by atoms with Crippen molar-refractivity contribution in [1.82, 2.24) is 10.2 Å². The molecule has 9 heteroatoms. The van der Waals surface area contributed by atoms with Gasteiger partial charge in [0.05, 0.1) is 18.0 Å². The van der Waals surface area contributed by atoms with Gasteiger partial charge in [-0.05, 0) is 42.8 Å². The van der Waals surface area contributed by atoms with Gasteiger partial charge in [0.25, 0.3) is 0 Å². The van der Waals surface area contributed by atoms with Crippen LogP contribution in [0.2, 0.25) is 0 Å². The van der Waals surface area contributed by atoms with Gasteiger partial charge in [-0.25, -0.2) is 8.42 Å². The Bertz CT molecular complexity index is 901. The molecule has 1 aliphatic heterocycles. The summed E-state index contributed by atoms with van der Waals surface area (Å²) in [6.45, 7) is 4.35. The summed E-state index contributed by atoms with van der Waals surface area (Å²) in [6, 6.07) is 11.9. The molecule has 0 radical (unpaired) electrons. The number of fused-ring (bicyclic) bond motifs is 1. The van der Waals surface area contributed by atoms with Crippen LogP contribution in [-0.4, -0.2) is 58.3 Å². The van der Waals surface area contributed by atoms with E-state index < -0.39 is 10.0 Å². The van der Waals surface area contributed by atoms with Gasteiger partial charge in [0, 0.05) is 31.6 Å². The summed E-state index contributed by atoms with van der Waals surface area (Å²) in [5, 5.41) is 5.33. The largest absolute Gasteiger partial charge is 0.357 e. The number of likely N-dealkylation sites (N-methyl/N-ethyl adjacent to an activating group) is 1. The normalized spacial score (nSPS) is 13.7. The first kappa shape index (κ1) is 23.9. The van der Waals surface area contributed by atoms with Gasteiger partial charge < -0.3 is 10.2 Å². The number of para-hydroxylation sites is 1. The predicted octanol–water partition coefficient (Wildman–Crippen LogP) is 3.20. The van der Waals surface area contributed by atoms with Crippen LogP contribution >= 0.6 is 35.3 Å². The van der Waals surface area contributed by atoms with Crippen molar-refractivity contribution in [3.8, 4) is 0 Å². The van der Waals surface area contributed by atoms with E-state index >= 15 is 0 Å². The quantitative estimate of drug-likeness (QED) is 0.313. The molecule has 6 nitrogen and oxygen atoms in total. The van der Waals surface area contributed by atoms with E-state index in [1.165, 1.54) is 9.18 Å². The van der Waals surface area contributed by atoms with Gasteiger partial charge in [-0.2, -0.15) is 0 Å². The highest BCUT2D eigenvalue weighted by molar-refractivity contribution is 14.0. The summed E-state index contributed by atoms with van der Waals surface area (Å²) in [5.41, 5.74) is 1.91. The number of nitrogens with one attached hydrogen (secondary N) is 1. The molecule has 1 aliphatic rings. The highest BCUT2D eigenvalue weighted by Crippen LogP contribution is 2.29. The van der Waals surface area contributed by atoms with Crippen molar-refractivity contribution >= 4 is 57.0 Å². The van der Waals surface area contributed by atoms with Gasteiger partial charge in [0.2, 0.25) is 10.0 Å². The fourth-order valence-corrected chi connectivity index (χ4v) is 5.37. The highest BCUT2D eigenvalue weighted by atomic mass is 127. The van der Waals surface area contributed by atoms with E-state index in [-0.39, 0.29) is 36.3 Å². The number of aliphatic imine (C=N–C) groups is 1. The lowest BCUT2D eigenvalue weighted by atomic mass is 10.2. The summed E-state index contributed by atoms with van der Waals surface area (Å²) < 4.78 is 27.2. The molecule has 1 aromatic carbocycles. The van der Waals surface area contributed by atoms with Gasteiger partial charge >= 0.3 is 0 Å². The number of rotatable bonds is 8. The van der Waals surface area contributed by atoms with Crippen molar-refractivity contribution in [3.63, 3.8) is 0 Å². The third-order valence-electron chi connectivity index (χ3n) is 4.76. The van der Waals surface area contributed by atoms with Crippen LogP contribution in [0.3, 0.4) is 0 Å². The number of halogens is 1. The molecule has 0 fully saturated rings. The number of guanidine groups is 1. The van der Waals surface area contributed by atoms with Crippen LogP contribution in [0, 0.1) is 0 Å². The maximum absolute atomic E-state index is 12.8. The second-order valence-corrected chi connectivity index (χ2v) is 9.80. The summed E-state index contributed by atoms with van der Waals surface area (Å²) in [4.78, 5) is 7.94. The van der Waals surface area contributed by atoms with Crippen LogP contribution in [-0.2, 0) is 22.9 Å². The van der Waals surface area contributed by atoms with Crippen molar-refractivity contribution in [2.45, 2.75) is 19.8 Å². The van der Waals surface area contributed by atoms with E-state index in [1.54, 1.807) is 11.3 Å². The van der Waals surface area contributed by atoms with E-state index in [9.17, 15) is 8.42 Å². The SMILES string of the molecule is CCNC(=NCCS(=O)(=O)N1CCc2ccccc21)N(C)CCc1cccs1.I. The molecule has 0 aliphatic carbocycles. The molecule has 1 aromatic heterocycles. The summed E-state index contributed by atoms with van der Waals surface area (Å²) in [6.07, 6.45) is 1.72. The lowest BCUT2D eigenvalue weighted by Crippen LogP contribution is -2.40. The molecule has 2 aromatic rings. The molecule has 29 heavy (non-hydrogen) atoms. The Morgan fingerprint density at radius 3 is 2.79 bits per heavy atom. The van der Waals surface area contributed by atoms with Crippen LogP contribution in [0.15, 0.2) is 46.8 Å². The maximum atomic E-state index is 12.8. The first-order valence-corrected chi connectivity index (χ1v) is 12.1. The standard InChI is InChI=1S/C20H28N4O2S2.HI/c1-3-21-20(23(2)13-11-18-8-6-15-27-18)22-12-16-28(25,26)24-14-10-17-7-4-5-9-19(17)24;/h4-9,15H,3,10-14,16H2,1-2H3,(H,21,22);1H. The average molecular weight is 549 g/mol. The van der Waals surface area contributed by atoms with Crippen molar-refractivity contribution in [2.24, 2.45) is 4.99 Å². The zero-order chi connectivity index (χ0) is 20.0. The van der Waals surface area contributed by atoms with Gasteiger partial charge in [-0.3, -0.25) is 9.30 Å². The lowest BCUT2D eigenvalue weighted by Gasteiger charge is -2.22. The summed E-state index contributed by atoms with van der Waals surface area (Å²) in [7, 11) is -1.39. The zero-order valence-corrected chi connectivity index (χ0v) is 20.8. The average Bonchev–Trinajstić information content (AvgIpc) is 3.35.